The summed E-state index contributed by atoms with van der Waals surface area (Å²) in [5.41, 5.74) is 0.974. The molecule has 1 atom stereocenters. The first-order chi connectivity index (χ1) is 12.5. The Kier molecular flexibility index (Phi) is 5.79. The fraction of sp³-hybridized carbons (Fsp3) is 0.263. The average molecular weight is 395 g/mol. The maximum absolute atomic E-state index is 13.6. The predicted octanol–water partition coefficient (Wildman–Crippen LogP) is 3.84. The van der Waals surface area contributed by atoms with E-state index in [-0.39, 0.29) is 30.6 Å². The van der Waals surface area contributed by atoms with Crippen molar-refractivity contribution in [3.05, 3.63) is 63.9 Å². The zero-order valence-electron chi connectivity index (χ0n) is 13.8. The quantitative estimate of drug-likeness (QED) is 0.837. The number of para-hydroxylation sites is 1. The zero-order valence-corrected chi connectivity index (χ0v) is 15.4. The van der Waals surface area contributed by atoms with Crippen LogP contribution in [-0.4, -0.2) is 24.9 Å². The van der Waals surface area contributed by atoms with Gasteiger partial charge in [-0.3, -0.25) is 9.59 Å². The molecular formula is C19H17Cl2FN2O2. The first kappa shape index (κ1) is 18.7. The van der Waals surface area contributed by atoms with Gasteiger partial charge in [-0.2, -0.15) is 0 Å². The number of rotatable bonds is 5. The minimum atomic E-state index is -0.490. The normalized spacial score (nSPS) is 16.8. The number of hydrogen-bond donors (Lipinski definition) is 1. The second kappa shape index (κ2) is 8.06. The van der Waals surface area contributed by atoms with Gasteiger partial charge in [0.2, 0.25) is 11.8 Å². The fourth-order valence-electron chi connectivity index (χ4n) is 3.01. The highest BCUT2D eigenvalue weighted by atomic mass is 35.5. The second-order valence-electron chi connectivity index (χ2n) is 6.11. The summed E-state index contributed by atoms with van der Waals surface area (Å²) in [6.07, 6.45) is 0.478. The molecule has 0 spiro atoms. The van der Waals surface area contributed by atoms with Crippen molar-refractivity contribution in [1.29, 1.82) is 0 Å². The van der Waals surface area contributed by atoms with Crippen LogP contribution < -0.4 is 10.2 Å². The molecule has 4 nitrogen and oxygen atoms in total. The van der Waals surface area contributed by atoms with Crippen molar-refractivity contribution in [3.8, 4) is 0 Å². The summed E-state index contributed by atoms with van der Waals surface area (Å²) in [6, 6.07) is 11.4. The lowest BCUT2D eigenvalue weighted by atomic mass is 10.1. The van der Waals surface area contributed by atoms with Gasteiger partial charge in [0.25, 0.3) is 0 Å². The van der Waals surface area contributed by atoms with Gasteiger partial charge in [-0.1, -0.05) is 47.5 Å². The molecule has 3 rings (SSSR count). The topological polar surface area (TPSA) is 49.4 Å². The monoisotopic (exact) mass is 394 g/mol. The number of amides is 2. The van der Waals surface area contributed by atoms with Crippen molar-refractivity contribution in [2.75, 3.05) is 18.0 Å². The largest absolute Gasteiger partial charge is 0.355 e. The van der Waals surface area contributed by atoms with Gasteiger partial charge in [0.1, 0.15) is 5.82 Å². The average Bonchev–Trinajstić information content (AvgIpc) is 2.98. The molecule has 1 heterocycles. The van der Waals surface area contributed by atoms with Crippen molar-refractivity contribution >= 4 is 40.7 Å². The van der Waals surface area contributed by atoms with Gasteiger partial charge in [-0.15, -0.1) is 0 Å². The molecule has 1 fully saturated rings. The van der Waals surface area contributed by atoms with Crippen molar-refractivity contribution in [1.82, 2.24) is 5.32 Å². The van der Waals surface area contributed by atoms with Crippen molar-refractivity contribution in [2.45, 2.75) is 12.8 Å². The summed E-state index contributed by atoms with van der Waals surface area (Å²) in [5.74, 6) is -1.22. The molecule has 0 radical (unpaired) electrons. The SMILES string of the molecule is O=C(NCCc1ccccc1F)C1CC(=O)N(c2c(Cl)cccc2Cl)C1. The lowest BCUT2D eigenvalue weighted by molar-refractivity contribution is -0.126. The van der Waals surface area contributed by atoms with Crippen LogP contribution in [0.4, 0.5) is 10.1 Å². The Bertz CT molecular complexity index is 824. The van der Waals surface area contributed by atoms with Crippen molar-refractivity contribution < 1.29 is 14.0 Å². The molecule has 1 aliphatic heterocycles. The van der Waals surface area contributed by atoms with Gasteiger partial charge in [0.05, 0.1) is 21.7 Å². The maximum atomic E-state index is 13.6. The Morgan fingerprint density at radius 1 is 1.15 bits per heavy atom. The number of benzene rings is 2. The molecule has 1 saturated heterocycles. The Morgan fingerprint density at radius 3 is 2.54 bits per heavy atom. The minimum Gasteiger partial charge on any atom is -0.355 e. The highest BCUT2D eigenvalue weighted by molar-refractivity contribution is 6.40. The lowest BCUT2D eigenvalue weighted by Crippen LogP contribution is -2.34. The second-order valence-corrected chi connectivity index (χ2v) is 6.92. The van der Waals surface area contributed by atoms with Crippen LogP contribution in [0.2, 0.25) is 10.0 Å². The number of carbonyl (C=O) groups is 2. The van der Waals surface area contributed by atoms with E-state index in [1.54, 1.807) is 36.4 Å². The zero-order chi connectivity index (χ0) is 18.7. The standard InChI is InChI=1S/C19H17Cl2FN2O2/c20-14-5-3-6-15(21)18(14)24-11-13(10-17(24)25)19(26)23-9-8-12-4-1-2-7-16(12)22/h1-7,13H,8-11H2,(H,23,26). The molecular weight excluding hydrogens is 378 g/mol. The van der Waals surface area contributed by atoms with Gasteiger partial charge in [0, 0.05) is 19.5 Å². The molecule has 136 valence electrons. The first-order valence-electron chi connectivity index (χ1n) is 8.23. The molecule has 26 heavy (non-hydrogen) atoms. The molecule has 2 amide bonds. The number of carbonyl (C=O) groups excluding carboxylic acids is 2. The van der Waals surface area contributed by atoms with Gasteiger partial charge in [0.15, 0.2) is 0 Å². The molecule has 7 heteroatoms. The van der Waals surface area contributed by atoms with Crippen LogP contribution in [0.15, 0.2) is 42.5 Å². The van der Waals surface area contributed by atoms with Crippen LogP contribution in [0.5, 0.6) is 0 Å². The van der Waals surface area contributed by atoms with Gasteiger partial charge in [-0.25, -0.2) is 4.39 Å². The summed E-state index contributed by atoms with van der Waals surface area (Å²) in [5, 5.41) is 3.51. The number of nitrogens with zero attached hydrogens (tertiary/aromatic N) is 1. The predicted molar refractivity (Wildman–Crippen MR) is 100 cm³/mol. The van der Waals surface area contributed by atoms with Crippen molar-refractivity contribution in [2.24, 2.45) is 5.92 Å². The Hall–Kier alpha value is -2.11. The minimum absolute atomic E-state index is 0.0904. The Labute approximate surface area is 160 Å². The number of halogens is 3. The smallest absolute Gasteiger partial charge is 0.227 e. The molecule has 1 unspecified atom stereocenters. The summed E-state index contributed by atoms with van der Waals surface area (Å²) < 4.78 is 13.6. The molecule has 2 aromatic carbocycles. The van der Waals surface area contributed by atoms with Crippen LogP contribution in [0, 0.1) is 11.7 Å². The maximum Gasteiger partial charge on any atom is 0.227 e. The highest BCUT2D eigenvalue weighted by Crippen LogP contribution is 2.37. The summed E-state index contributed by atoms with van der Waals surface area (Å²) >= 11 is 12.3. The molecule has 0 saturated carbocycles. The molecule has 1 N–H and O–H groups in total. The van der Waals surface area contributed by atoms with Crippen LogP contribution in [-0.2, 0) is 16.0 Å². The molecule has 0 bridgehead atoms. The number of hydrogen-bond acceptors (Lipinski definition) is 2. The van der Waals surface area contributed by atoms with E-state index in [0.29, 0.717) is 34.3 Å². The van der Waals surface area contributed by atoms with Crippen LogP contribution in [0.1, 0.15) is 12.0 Å². The van der Waals surface area contributed by atoms with Gasteiger partial charge < -0.3 is 10.2 Å². The third-order valence-corrected chi connectivity index (χ3v) is 4.96. The van der Waals surface area contributed by atoms with E-state index in [1.807, 2.05) is 0 Å². The third-order valence-electron chi connectivity index (χ3n) is 4.35. The van der Waals surface area contributed by atoms with E-state index < -0.39 is 5.92 Å². The first-order valence-corrected chi connectivity index (χ1v) is 8.98. The molecule has 1 aliphatic rings. The summed E-state index contributed by atoms with van der Waals surface area (Å²) in [6.45, 7) is 0.519. The highest BCUT2D eigenvalue weighted by Gasteiger charge is 2.36. The van der Waals surface area contributed by atoms with E-state index in [0.717, 1.165) is 0 Å². The summed E-state index contributed by atoms with van der Waals surface area (Å²) in [4.78, 5) is 26.1. The molecule has 0 aromatic heterocycles. The van der Waals surface area contributed by atoms with E-state index >= 15 is 0 Å². The Morgan fingerprint density at radius 2 is 1.85 bits per heavy atom. The van der Waals surface area contributed by atoms with E-state index in [4.69, 9.17) is 23.2 Å². The van der Waals surface area contributed by atoms with Crippen molar-refractivity contribution in [3.63, 3.8) is 0 Å². The van der Waals surface area contributed by atoms with Crippen LogP contribution in [0.3, 0.4) is 0 Å². The fourth-order valence-corrected chi connectivity index (χ4v) is 3.61. The lowest BCUT2D eigenvalue weighted by Gasteiger charge is -2.19. The van der Waals surface area contributed by atoms with Gasteiger partial charge >= 0.3 is 0 Å². The van der Waals surface area contributed by atoms with E-state index in [1.165, 1.54) is 11.0 Å². The summed E-state index contributed by atoms with van der Waals surface area (Å²) in [7, 11) is 0. The third kappa shape index (κ3) is 4.00. The van der Waals surface area contributed by atoms with E-state index in [9.17, 15) is 14.0 Å². The Balaban J connectivity index is 1.60. The van der Waals surface area contributed by atoms with Gasteiger partial charge in [-0.05, 0) is 30.2 Å². The van der Waals surface area contributed by atoms with E-state index in [2.05, 4.69) is 5.32 Å². The number of nitrogens with one attached hydrogen (secondary N) is 1. The van der Waals surface area contributed by atoms with Crippen LogP contribution in [0.25, 0.3) is 0 Å². The number of anilines is 1. The molecule has 0 aliphatic carbocycles. The van der Waals surface area contributed by atoms with Crippen LogP contribution >= 0.6 is 23.2 Å². The molecule has 2 aromatic rings.